The Morgan fingerprint density at radius 2 is 1.58 bits per heavy atom. The number of fused-ring (bicyclic) bond motifs is 4. The quantitative estimate of drug-likeness (QED) is 0.201. The predicted molar refractivity (Wildman–Crippen MR) is 162 cm³/mol. The Labute approximate surface area is 221 Å². The molecular formula is C33H31GeNS. The molecule has 0 amide bonds. The second-order valence-corrected chi connectivity index (χ2v) is 22.5. The van der Waals surface area contributed by atoms with Crippen LogP contribution in [0.25, 0.3) is 42.2 Å². The molecule has 6 aromatic rings. The first-order chi connectivity index (χ1) is 17.6. The molecule has 1 atom stereocenters. The van der Waals surface area contributed by atoms with Crippen molar-refractivity contribution in [3.05, 3.63) is 108 Å². The molecule has 0 aliphatic carbocycles. The zero-order valence-corrected chi connectivity index (χ0v) is 24.4. The monoisotopic (exact) mass is 548 g/mol. The molecule has 2 heterocycles. The molecule has 0 fully saturated rings. The van der Waals surface area contributed by atoms with E-state index in [1.165, 1.54) is 36.5 Å². The summed E-state index contributed by atoms with van der Waals surface area (Å²) >= 11 is -0.183. The summed E-state index contributed by atoms with van der Waals surface area (Å²) in [5, 5.41) is 5.15. The van der Waals surface area contributed by atoms with Crippen LogP contribution < -0.4 is 4.40 Å². The van der Waals surface area contributed by atoms with Gasteiger partial charge in [-0.2, -0.15) is 0 Å². The maximum atomic E-state index is 9.41. The van der Waals surface area contributed by atoms with Crippen molar-refractivity contribution in [3.8, 4) is 11.3 Å². The van der Waals surface area contributed by atoms with Gasteiger partial charge in [0, 0.05) is 0 Å². The van der Waals surface area contributed by atoms with Crippen LogP contribution in [0.3, 0.4) is 0 Å². The molecule has 4 aromatic carbocycles. The van der Waals surface area contributed by atoms with Crippen LogP contribution >= 0.6 is 11.3 Å². The Bertz CT molecular complexity index is 1810. The standard InChI is InChI=1S/C33H31GeNS/c1-21-12-13-26-19-23(14-15-25(26)18-21)22(2)24-16-17-35-30(20-24)27-8-6-9-28-32-29(34(3,4)5)10-7-11-31(32)36-33(27)28/h6-20,22H,1-5H3/i22D. The molecule has 2 aromatic heterocycles. The van der Waals surface area contributed by atoms with Crippen LogP contribution in [-0.4, -0.2) is 18.3 Å². The fourth-order valence-corrected chi connectivity index (χ4v) is 10.1. The SMILES string of the molecule is [2H]C(C)(c1ccnc(-c2cccc3c2sc2ccc[c]([Ge]([CH3])([CH3])[CH3])c23)c1)c1ccc2cc(C)ccc2c1. The van der Waals surface area contributed by atoms with E-state index in [1.807, 2.05) is 30.5 Å². The van der Waals surface area contributed by atoms with Crippen molar-refractivity contribution in [2.45, 2.75) is 37.0 Å². The Hall–Kier alpha value is -2.95. The number of pyridine rings is 1. The van der Waals surface area contributed by atoms with Gasteiger partial charge < -0.3 is 0 Å². The van der Waals surface area contributed by atoms with Gasteiger partial charge in [-0.3, -0.25) is 0 Å². The Morgan fingerprint density at radius 1 is 0.833 bits per heavy atom. The topological polar surface area (TPSA) is 12.9 Å². The van der Waals surface area contributed by atoms with Gasteiger partial charge in [0.15, 0.2) is 0 Å². The van der Waals surface area contributed by atoms with Crippen LogP contribution in [0.4, 0.5) is 0 Å². The van der Waals surface area contributed by atoms with Crippen LogP contribution in [0, 0.1) is 6.92 Å². The molecule has 0 saturated heterocycles. The Balaban J connectivity index is 1.49. The zero-order valence-electron chi connectivity index (χ0n) is 22.5. The van der Waals surface area contributed by atoms with E-state index in [1.54, 1.807) is 4.40 Å². The summed E-state index contributed by atoms with van der Waals surface area (Å²) in [6, 6.07) is 30.4. The summed E-state index contributed by atoms with van der Waals surface area (Å²) < 4.78 is 13.6. The summed E-state index contributed by atoms with van der Waals surface area (Å²) in [6.07, 6.45) is 1.87. The van der Waals surface area contributed by atoms with Crippen LogP contribution in [0.1, 0.15) is 30.9 Å². The van der Waals surface area contributed by atoms with E-state index < -0.39 is 19.2 Å². The second kappa shape index (κ2) is 8.86. The number of nitrogens with zero attached hydrogens (tertiary/aromatic N) is 1. The third-order valence-corrected chi connectivity index (χ3v) is 12.7. The van der Waals surface area contributed by atoms with Gasteiger partial charge in [0.25, 0.3) is 0 Å². The third-order valence-electron chi connectivity index (χ3n) is 7.23. The number of rotatable bonds is 4. The minimum absolute atomic E-state index is 0.891. The first-order valence-corrected chi connectivity index (χ1v) is 20.7. The molecule has 0 aliphatic heterocycles. The van der Waals surface area contributed by atoms with Gasteiger partial charge >= 0.3 is 186 Å². The van der Waals surface area contributed by atoms with Crippen LogP contribution in [0.15, 0.2) is 91.1 Å². The van der Waals surface area contributed by atoms with Gasteiger partial charge in [0.2, 0.25) is 0 Å². The van der Waals surface area contributed by atoms with Gasteiger partial charge in [0.1, 0.15) is 0 Å². The average molecular weight is 547 g/mol. The van der Waals surface area contributed by atoms with Crippen molar-refractivity contribution < 1.29 is 1.37 Å². The van der Waals surface area contributed by atoms with Gasteiger partial charge in [-0.15, -0.1) is 0 Å². The minimum atomic E-state index is -2.05. The second-order valence-electron chi connectivity index (χ2n) is 10.8. The number of aromatic nitrogens is 1. The first-order valence-electron chi connectivity index (χ1n) is 13.1. The molecule has 178 valence electrons. The molecule has 1 nitrogen and oxygen atoms in total. The van der Waals surface area contributed by atoms with E-state index in [9.17, 15) is 1.37 Å². The van der Waals surface area contributed by atoms with Crippen molar-refractivity contribution in [1.82, 2.24) is 4.98 Å². The fourth-order valence-electron chi connectivity index (χ4n) is 5.25. The van der Waals surface area contributed by atoms with Crippen LogP contribution in [0.5, 0.6) is 0 Å². The molecule has 0 saturated carbocycles. The summed E-state index contributed by atoms with van der Waals surface area (Å²) in [7, 11) is 0. The number of hydrogen-bond acceptors (Lipinski definition) is 2. The number of hydrogen-bond donors (Lipinski definition) is 0. The van der Waals surface area contributed by atoms with E-state index in [4.69, 9.17) is 4.98 Å². The first kappa shape index (κ1) is 22.3. The molecular weight excluding hydrogens is 515 g/mol. The normalized spacial score (nSPS) is 14.3. The zero-order chi connectivity index (χ0) is 25.9. The number of benzene rings is 4. The average Bonchev–Trinajstić information content (AvgIpc) is 3.26. The van der Waals surface area contributed by atoms with Crippen LogP contribution in [0.2, 0.25) is 17.3 Å². The van der Waals surface area contributed by atoms with E-state index in [0.29, 0.717) is 0 Å². The van der Waals surface area contributed by atoms with E-state index in [0.717, 1.165) is 22.4 Å². The molecule has 36 heavy (non-hydrogen) atoms. The number of aryl methyl sites for hydroxylation is 1. The molecule has 0 spiro atoms. The van der Waals surface area contributed by atoms with Crippen molar-refractivity contribution in [1.29, 1.82) is 0 Å². The van der Waals surface area contributed by atoms with Crippen LogP contribution in [-0.2, 0) is 0 Å². The summed E-state index contributed by atoms with van der Waals surface area (Å²) in [4.78, 5) is 4.80. The molecule has 0 aliphatic rings. The van der Waals surface area contributed by atoms with Gasteiger partial charge in [-0.25, -0.2) is 0 Å². The molecule has 0 bridgehead atoms. The molecule has 6 rings (SSSR count). The molecule has 0 N–H and O–H groups in total. The van der Waals surface area contributed by atoms with E-state index in [2.05, 4.69) is 103 Å². The van der Waals surface area contributed by atoms with Crippen molar-refractivity contribution in [2.24, 2.45) is 0 Å². The van der Waals surface area contributed by atoms with Crippen molar-refractivity contribution in [3.63, 3.8) is 0 Å². The summed E-state index contributed by atoms with van der Waals surface area (Å²) in [5.74, 6) is 6.51. The van der Waals surface area contributed by atoms with E-state index >= 15 is 0 Å². The van der Waals surface area contributed by atoms with Gasteiger partial charge in [-0.05, 0) is 12.3 Å². The van der Waals surface area contributed by atoms with Crippen molar-refractivity contribution >= 4 is 59.9 Å². The third kappa shape index (κ3) is 4.07. The fraction of sp³-hybridized carbons (Fsp3) is 0.182. The molecule has 1 unspecified atom stereocenters. The molecule has 0 radical (unpaired) electrons. The number of thiophene rings is 1. The summed E-state index contributed by atoms with van der Waals surface area (Å²) in [6.45, 7) is 4.10. The predicted octanol–water partition coefficient (Wildman–Crippen LogP) is 9.28. The van der Waals surface area contributed by atoms with E-state index in [-0.39, 0.29) is 0 Å². The van der Waals surface area contributed by atoms with Gasteiger partial charge in [-0.1, -0.05) is 23.8 Å². The Morgan fingerprint density at radius 3 is 2.42 bits per heavy atom. The Kier molecular flexibility index (Phi) is 5.48. The molecule has 3 heteroatoms. The van der Waals surface area contributed by atoms with Crippen molar-refractivity contribution in [2.75, 3.05) is 0 Å². The summed E-state index contributed by atoms with van der Waals surface area (Å²) in [5.41, 5.74) is 5.27. The van der Waals surface area contributed by atoms with Gasteiger partial charge in [0.05, 0.1) is 0 Å². The maximum absolute atomic E-state index is 9.41.